The maximum atomic E-state index is 12.8. The quantitative estimate of drug-likeness (QED) is 0.632. The highest BCUT2D eigenvalue weighted by Crippen LogP contribution is 2.48. The molecule has 1 N–H and O–H groups in total. The Morgan fingerprint density at radius 3 is 2.52 bits per heavy atom. The van der Waals surface area contributed by atoms with E-state index in [1.54, 1.807) is 14.2 Å². The Hall–Kier alpha value is -3.28. The van der Waals surface area contributed by atoms with Gasteiger partial charge in [0.05, 0.1) is 25.3 Å². The molecule has 4 rings (SSSR count). The topological polar surface area (TPSA) is 73.6 Å². The molecule has 2 aromatic carbocycles. The van der Waals surface area contributed by atoms with E-state index in [0.717, 1.165) is 24.0 Å². The van der Waals surface area contributed by atoms with Crippen molar-refractivity contribution in [2.45, 2.75) is 24.7 Å². The largest absolute Gasteiger partial charge is 0.493 e. The molecule has 1 aliphatic carbocycles. The van der Waals surface area contributed by atoms with Crippen molar-refractivity contribution < 1.29 is 18.8 Å². The molecule has 0 atom stereocenters. The van der Waals surface area contributed by atoms with Gasteiger partial charge in [0.1, 0.15) is 0 Å². The summed E-state index contributed by atoms with van der Waals surface area (Å²) in [6, 6.07) is 17.5. The van der Waals surface area contributed by atoms with Crippen molar-refractivity contribution in [1.29, 1.82) is 0 Å². The first-order valence-corrected chi connectivity index (χ1v) is 9.68. The SMILES string of the molecule is COc1ccc(CCNC(=O)C2(c3cc(-c4ccccc4)on3)CC2)cc1OC. The molecule has 0 saturated heterocycles. The molecule has 29 heavy (non-hydrogen) atoms. The van der Waals surface area contributed by atoms with E-state index in [0.29, 0.717) is 35.9 Å². The fourth-order valence-electron chi connectivity index (χ4n) is 3.49. The van der Waals surface area contributed by atoms with Gasteiger partial charge in [0.2, 0.25) is 5.91 Å². The highest BCUT2D eigenvalue weighted by Gasteiger charge is 2.53. The third-order valence-electron chi connectivity index (χ3n) is 5.39. The standard InChI is InChI=1S/C23H24N2O4/c1-27-18-9-8-16(14-20(18)28-2)10-13-24-22(26)23(11-12-23)21-15-19(29-25-21)17-6-4-3-5-7-17/h3-9,14-15H,10-13H2,1-2H3,(H,24,26). The number of methoxy groups -OCH3 is 2. The number of hydrogen-bond acceptors (Lipinski definition) is 5. The summed E-state index contributed by atoms with van der Waals surface area (Å²) in [7, 11) is 3.22. The molecule has 1 aliphatic rings. The molecule has 1 fully saturated rings. The second-order valence-corrected chi connectivity index (χ2v) is 7.22. The number of benzene rings is 2. The van der Waals surface area contributed by atoms with Crippen LogP contribution in [0.5, 0.6) is 11.5 Å². The number of ether oxygens (including phenoxy) is 2. The highest BCUT2D eigenvalue weighted by molar-refractivity contribution is 5.91. The molecule has 0 radical (unpaired) electrons. The average Bonchev–Trinajstić information content (AvgIpc) is 3.43. The van der Waals surface area contributed by atoms with Crippen LogP contribution in [0.25, 0.3) is 11.3 Å². The van der Waals surface area contributed by atoms with Crippen molar-refractivity contribution in [2.75, 3.05) is 20.8 Å². The molecule has 0 unspecified atom stereocenters. The van der Waals surface area contributed by atoms with Crippen LogP contribution >= 0.6 is 0 Å². The Kier molecular flexibility index (Phi) is 5.25. The van der Waals surface area contributed by atoms with Crippen LogP contribution in [0.4, 0.5) is 0 Å². The van der Waals surface area contributed by atoms with Gasteiger partial charge in [0.25, 0.3) is 0 Å². The van der Waals surface area contributed by atoms with Crippen LogP contribution in [0.15, 0.2) is 59.1 Å². The summed E-state index contributed by atoms with van der Waals surface area (Å²) in [4.78, 5) is 12.8. The first-order chi connectivity index (χ1) is 14.2. The van der Waals surface area contributed by atoms with Gasteiger partial charge in [0, 0.05) is 18.2 Å². The van der Waals surface area contributed by atoms with Crippen molar-refractivity contribution in [3.63, 3.8) is 0 Å². The summed E-state index contributed by atoms with van der Waals surface area (Å²) in [6.45, 7) is 0.541. The van der Waals surface area contributed by atoms with E-state index in [4.69, 9.17) is 14.0 Å². The Morgan fingerprint density at radius 1 is 1.07 bits per heavy atom. The molecule has 0 aliphatic heterocycles. The van der Waals surface area contributed by atoms with Gasteiger partial charge >= 0.3 is 0 Å². The molecule has 1 saturated carbocycles. The van der Waals surface area contributed by atoms with Crippen molar-refractivity contribution >= 4 is 5.91 Å². The van der Waals surface area contributed by atoms with E-state index in [1.165, 1.54) is 0 Å². The Balaban J connectivity index is 1.38. The second kappa shape index (κ2) is 7.99. The fourth-order valence-corrected chi connectivity index (χ4v) is 3.49. The number of aromatic nitrogens is 1. The molecule has 0 spiro atoms. The normalized spacial score (nSPS) is 14.3. The molecule has 0 bridgehead atoms. The van der Waals surface area contributed by atoms with Crippen LogP contribution in [0.1, 0.15) is 24.1 Å². The number of rotatable bonds is 8. The molecule has 1 amide bonds. The zero-order valence-electron chi connectivity index (χ0n) is 16.6. The predicted octanol–water partition coefficient (Wildman–Crippen LogP) is 3.75. The zero-order valence-corrected chi connectivity index (χ0v) is 16.6. The van der Waals surface area contributed by atoms with Crippen LogP contribution < -0.4 is 14.8 Å². The third-order valence-corrected chi connectivity index (χ3v) is 5.39. The van der Waals surface area contributed by atoms with Crippen LogP contribution in [-0.4, -0.2) is 31.8 Å². The van der Waals surface area contributed by atoms with Crippen molar-refractivity contribution in [3.8, 4) is 22.8 Å². The van der Waals surface area contributed by atoms with Crippen molar-refractivity contribution in [2.24, 2.45) is 0 Å². The van der Waals surface area contributed by atoms with Crippen molar-refractivity contribution in [1.82, 2.24) is 10.5 Å². The fraction of sp³-hybridized carbons (Fsp3) is 0.304. The van der Waals surface area contributed by atoms with Gasteiger partial charge in [-0.05, 0) is 37.0 Å². The van der Waals surface area contributed by atoms with Gasteiger partial charge < -0.3 is 19.3 Å². The smallest absolute Gasteiger partial charge is 0.232 e. The Morgan fingerprint density at radius 2 is 1.83 bits per heavy atom. The van der Waals surface area contributed by atoms with E-state index in [1.807, 2.05) is 54.6 Å². The summed E-state index contributed by atoms with van der Waals surface area (Å²) >= 11 is 0. The summed E-state index contributed by atoms with van der Waals surface area (Å²) in [5, 5.41) is 7.24. The highest BCUT2D eigenvalue weighted by atomic mass is 16.5. The average molecular weight is 392 g/mol. The van der Waals surface area contributed by atoms with Gasteiger partial charge in [-0.25, -0.2) is 0 Å². The maximum Gasteiger partial charge on any atom is 0.232 e. The Bertz CT molecular complexity index is 993. The lowest BCUT2D eigenvalue weighted by atomic mass is 10.00. The lowest BCUT2D eigenvalue weighted by Gasteiger charge is -2.13. The number of carbonyl (C=O) groups excluding carboxylic acids is 1. The minimum absolute atomic E-state index is 0.00545. The number of hydrogen-bond donors (Lipinski definition) is 1. The first kappa shape index (κ1) is 19.1. The van der Waals surface area contributed by atoms with Crippen LogP contribution in [0, 0.1) is 0 Å². The summed E-state index contributed by atoms with van der Waals surface area (Å²) in [5.74, 6) is 2.07. The van der Waals surface area contributed by atoms with Gasteiger partial charge in [-0.3, -0.25) is 4.79 Å². The maximum absolute atomic E-state index is 12.8. The van der Waals surface area contributed by atoms with E-state index in [-0.39, 0.29) is 5.91 Å². The number of carbonyl (C=O) groups is 1. The van der Waals surface area contributed by atoms with Gasteiger partial charge in [0.15, 0.2) is 17.3 Å². The number of amides is 1. The molecule has 1 heterocycles. The van der Waals surface area contributed by atoms with Gasteiger partial charge in [-0.2, -0.15) is 0 Å². The van der Waals surface area contributed by atoms with E-state index in [2.05, 4.69) is 10.5 Å². The lowest BCUT2D eigenvalue weighted by Crippen LogP contribution is -2.36. The molecule has 3 aromatic rings. The zero-order chi connectivity index (χ0) is 20.3. The monoisotopic (exact) mass is 392 g/mol. The molecule has 1 aromatic heterocycles. The summed E-state index contributed by atoms with van der Waals surface area (Å²) in [6.07, 6.45) is 2.28. The van der Waals surface area contributed by atoms with E-state index < -0.39 is 5.41 Å². The molecule has 150 valence electrons. The van der Waals surface area contributed by atoms with E-state index >= 15 is 0 Å². The summed E-state index contributed by atoms with van der Waals surface area (Å²) < 4.78 is 16.1. The number of nitrogens with one attached hydrogen (secondary N) is 1. The number of nitrogens with zero attached hydrogens (tertiary/aromatic N) is 1. The van der Waals surface area contributed by atoms with Crippen LogP contribution in [0.2, 0.25) is 0 Å². The second-order valence-electron chi connectivity index (χ2n) is 7.22. The molecule has 6 heteroatoms. The van der Waals surface area contributed by atoms with Crippen LogP contribution in [-0.2, 0) is 16.6 Å². The van der Waals surface area contributed by atoms with Gasteiger partial charge in [-0.15, -0.1) is 0 Å². The van der Waals surface area contributed by atoms with Crippen molar-refractivity contribution in [3.05, 3.63) is 65.9 Å². The molecular weight excluding hydrogens is 368 g/mol. The third kappa shape index (κ3) is 3.83. The van der Waals surface area contributed by atoms with Gasteiger partial charge in [-0.1, -0.05) is 41.6 Å². The Labute approximate surface area is 169 Å². The summed E-state index contributed by atoms with van der Waals surface area (Å²) in [5.41, 5.74) is 2.17. The molecule has 6 nitrogen and oxygen atoms in total. The van der Waals surface area contributed by atoms with E-state index in [9.17, 15) is 4.79 Å². The molecular formula is C23H24N2O4. The minimum Gasteiger partial charge on any atom is -0.493 e. The lowest BCUT2D eigenvalue weighted by molar-refractivity contribution is -0.123. The van der Waals surface area contributed by atoms with Crippen LogP contribution in [0.3, 0.4) is 0 Å². The minimum atomic E-state index is -0.561. The first-order valence-electron chi connectivity index (χ1n) is 9.68. The predicted molar refractivity (Wildman–Crippen MR) is 109 cm³/mol.